The van der Waals surface area contributed by atoms with E-state index in [9.17, 15) is 0 Å². The number of guanidine groups is 2. The zero-order valence-corrected chi connectivity index (χ0v) is 11.5. The molecule has 1 rings (SSSR count). The topological polar surface area (TPSA) is 112 Å². The maximum atomic E-state index is 5.57. The Morgan fingerprint density at radius 3 is 2.65 bits per heavy atom. The standard InChI is InChI=1S/C10H14IN5O/c1-2-17-8-4-3-6(11)5-7(8)15-10(14)16-9(12)13/h3-5H,2H2,1H3,(H6,12,13,14,15,16). The number of hydrogen-bond acceptors (Lipinski definition) is 2. The van der Waals surface area contributed by atoms with E-state index in [4.69, 9.17) is 21.9 Å². The minimum absolute atomic E-state index is 0.00652. The Labute approximate surface area is 113 Å². The Balaban J connectivity index is 3.11. The van der Waals surface area contributed by atoms with Crippen LogP contribution < -0.4 is 21.9 Å². The molecule has 6 N–H and O–H groups in total. The number of aliphatic imine (C=N–C) groups is 2. The van der Waals surface area contributed by atoms with E-state index in [1.165, 1.54) is 0 Å². The molecule has 0 bridgehead atoms. The number of halogens is 1. The van der Waals surface area contributed by atoms with Crippen molar-refractivity contribution >= 4 is 40.2 Å². The molecule has 0 saturated heterocycles. The summed E-state index contributed by atoms with van der Waals surface area (Å²) in [5.74, 6) is 0.504. The summed E-state index contributed by atoms with van der Waals surface area (Å²) in [6.07, 6.45) is 0. The van der Waals surface area contributed by atoms with Crippen LogP contribution in [0.5, 0.6) is 5.75 Å². The lowest BCUT2D eigenvalue weighted by Crippen LogP contribution is -2.26. The van der Waals surface area contributed by atoms with Crippen LogP contribution in [-0.2, 0) is 0 Å². The Morgan fingerprint density at radius 2 is 2.06 bits per heavy atom. The van der Waals surface area contributed by atoms with Gasteiger partial charge in [0.25, 0.3) is 0 Å². The maximum absolute atomic E-state index is 5.57. The van der Waals surface area contributed by atoms with E-state index in [1.807, 2.05) is 25.1 Å². The fraction of sp³-hybridized carbons (Fsp3) is 0.200. The number of ether oxygens (including phenoxy) is 1. The number of benzene rings is 1. The normalized spacial score (nSPS) is 11.1. The van der Waals surface area contributed by atoms with Gasteiger partial charge in [-0.05, 0) is 47.7 Å². The van der Waals surface area contributed by atoms with Gasteiger partial charge in [-0.2, -0.15) is 4.99 Å². The lowest BCUT2D eigenvalue weighted by molar-refractivity contribution is 0.341. The fourth-order valence-corrected chi connectivity index (χ4v) is 1.61. The van der Waals surface area contributed by atoms with E-state index in [0.717, 1.165) is 3.57 Å². The molecule has 0 aromatic heterocycles. The number of nitrogens with two attached hydrogens (primary N) is 3. The third-order valence-corrected chi connectivity index (χ3v) is 2.37. The Kier molecular flexibility index (Phi) is 5.01. The van der Waals surface area contributed by atoms with E-state index in [1.54, 1.807) is 0 Å². The summed E-state index contributed by atoms with van der Waals surface area (Å²) >= 11 is 2.17. The van der Waals surface area contributed by atoms with Gasteiger partial charge in [-0.25, -0.2) is 4.99 Å². The second kappa shape index (κ2) is 6.28. The van der Waals surface area contributed by atoms with Gasteiger partial charge in [0.15, 0.2) is 5.96 Å². The molecule has 1 aromatic rings. The predicted octanol–water partition coefficient (Wildman–Crippen LogP) is 0.910. The number of nitrogens with zero attached hydrogens (tertiary/aromatic N) is 2. The molecule has 0 saturated carbocycles. The molecule has 0 fully saturated rings. The largest absolute Gasteiger partial charge is 0.492 e. The van der Waals surface area contributed by atoms with Gasteiger partial charge in [-0.15, -0.1) is 0 Å². The average Bonchev–Trinajstić information content (AvgIpc) is 2.21. The molecule has 0 aliphatic carbocycles. The molecular formula is C10H14IN5O. The summed E-state index contributed by atoms with van der Waals surface area (Å²) in [6.45, 7) is 2.44. The van der Waals surface area contributed by atoms with E-state index in [0.29, 0.717) is 18.0 Å². The van der Waals surface area contributed by atoms with Crippen molar-refractivity contribution in [3.8, 4) is 5.75 Å². The maximum Gasteiger partial charge on any atom is 0.223 e. The molecule has 1 aromatic carbocycles. The van der Waals surface area contributed by atoms with Crippen molar-refractivity contribution in [3.05, 3.63) is 21.8 Å². The van der Waals surface area contributed by atoms with Crippen molar-refractivity contribution < 1.29 is 4.74 Å². The summed E-state index contributed by atoms with van der Waals surface area (Å²) in [4.78, 5) is 7.74. The highest BCUT2D eigenvalue weighted by atomic mass is 127. The third-order valence-electron chi connectivity index (χ3n) is 1.70. The Bertz CT molecular complexity index is 454. The first-order valence-electron chi connectivity index (χ1n) is 4.89. The highest BCUT2D eigenvalue weighted by Gasteiger charge is 2.04. The van der Waals surface area contributed by atoms with Gasteiger partial charge < -0.3 is 21.9 Å². The molecule has 6 nitrogen and oxygen atoms in total. The van der Waals surface area contributed by atoms with Crippen LogP contribution in [0.25, 0.3) is 0 Å². The molecule has 92 valence electrons. The molecule has 7 heteroatoms. The highest BCUT2D eigenvalue weighted by molar-refractivity contribution is 14.1. The first kappa shape index (κ1) is 13.6. The fourth-order valence-electron chi connectivity index (χ4n) is 1.14. The smallest absolute Gasteiger partial charge is 0.223 e. The molecule has 17 heavy (non-hydrogen) atoms. The summed E-state index contributed by atoms with van der Waals surface area (Å²) in [7, 11) is 0. The van der Waals surface area contributed by atoms with Crippen LogP contribution in [0, 0.1) is 3.57 Å². The summed E-state index contributed by atoms with van der Waals surface area (Å²) < 4.78 is 6.44. The van der Waals surface area contributed by atoms with E-state index < -0.39 is 0 Å². The van der Waals surface area contributed by atoms with Crippen molar-refractivity contribution in [3.63, 3.8) is 0 Å². The van der Waals surface area contributed by atoms with Gasteiger partial charge in [0.2, 0.25) is 5.96 Å². The minimum atomic E-state index is -0.130. The molecule has 0 radical (unpaired) electrons. The van der Waals surface area contributed by atoms with Gasteiger partial charge in [-0.1, -0.05) is 0 Å². The van der Waals surface area contributed by atoms with Crippen molar-refractivity contribution in [1.29, 1.82) is 0 Å². The molecular weight excluding hydrogens is 333 g/mol. The summed E-state index contributed by atoms with van der Waals surface area (Å²) in [5.41, 5.74) is 16.6. The highest BCUT2D eigenvalue weighted by Crippen LogP contribution is 2.29. The van der Waals surface area contributed by atoms with E-state index in [-0.39, 0.29) is 11.9 Å². The zero-order valence-electron chi connectivity index (χ0n) is 9.35. The molecule has 0 aliphatic heterocycles. The van der Waals surface area contributed by atoms with Crippen LogP contribution in [-0.4, -0.2) is 18.5 Å². The van der Waals surface area contributed by atoms with Crippen LogP contribution in [0.3, 0.4) is 0 Å². The Hall–Kier alpha value is -1.51. The molecule has 0 amide bonds. The van der Waals surface area contributed by atoms with Crippen LogP contribution in [0.2, 0.25) is 0 Å². The van der Waals surface area contributed by atoms with E-state index >= 15 is 0 Å². The van der Waals surface area contributed by atoms with Crippen molar-refractivity contribution in [1.82, 2.24) is 0 Å². The summed E-state index contributed by atoms with van der Waals surface area (Å²) in [5, 5.41) is 0. The number of hydrogen-bond donors (Lipinski definition) is 3. The lowest BCUT2D eigenvalue weighted by Gasteiger charge is -2.07. The molecule has 0 aliphatic rings. The van der Waals surface area contributed by atoms with Gasteiger partial charge in [0.1, 0.15) is 11.4 Å². The zero-order chi connectivity index (χ0) is 12.8. The predicted molar refractivity (Wildman–Crippen MR) is 77.4 cm³/mol. The van der Waals surface area contributed by atoms with Crippen LogP contribution in [0.1, 0.15) is 6.92 Å². The van der Waals surface area contributed by atoms with Gasteiger partial charge in [-0.3, -0.25) is 0 Å². The van der Waals surface area contributed by atoms with Crippen molar-refractivity contribution in [2.45, 2.75) is 6.92 Å². The van der Waals surface area contributed by atoms with Gasteiger partial charge in [0.05, 0.1) is 6.61 Å². The van der Waals surface area contributed by atoms with Crippen LogP contribution in [0.4, 0.5) is 5.69 Å². The molecule has 0 heterocycles. The van der Waals surface area contributed by atoms with Gasteiger partial charge in [0, 0.05) is 3.57 Å². The Morgan fingerprint density at radius 1 is 1.35 bits per heavy atom. The third kappa shape index (κ3) is 4.47. The molecule has 0 spiro atoms. The van der Waals surface area contributed by atoms with Crippen LogP contribution in [0.15, 0.2) is 28.2 Å². The first-order valence-corrected chi connectivity index (χ1v) is 5.97. The monoisotopic (exact) mass is 347 g/mol. The van der Waals surface area contributed by atoms with Crippen LogP contribution >= 0.6 is 22.6 Å². The van der Waals surface area contributed by atoms with E-state index in [2.05, 4.69) is 32.6 Å². The lowest BCUT2D eigenvalue weighted by atomic mass is 10.3. The minimum Gasteiger partial charge on any atom is -0.492 e. The SMILES string of the molecule is CCOc1ccc(I)cc1N=C(N)N=C(N)N. The second-order valence-electron chi connectivity index (χ2n) is 3.05. The van der Waals surface area contributed by atoms with Gasteiger partial charge >= 0.3 is 0 Å². The number of rotatable bonds is 3. The quantitative estimate of drug-likeness (QED) is 0.429. The second-order valence-corrected chi connectivity index (χ2v) is 4.30. The molecule has 0 unspecified atom stereocenters. The first-order chi connectivity index (χ1) is 8.02. The average molecular weight is 347 g/mol. The van der Waals surface area contributed by atoms with Crippen molar-refractivity contribution in [2.24, 2.45) is 27.2 Å². The van der Waals surface area contributed by atoms with Crippen molar-refractivity contribution in [2.75, 3.05) is 6.61 Å². The molecule has 0 atom stereocenters. The summed E-state index contributed by atoms with van der Waals surface area (Å²) in [6, 6.07) is 5.58.